The molecule has 8 nitrogen and oxygen atoms in total. The van der Waals surface area contributed by atoms with Gasteiger partial charge in [-0.2, -0.15) is 0 Å². The maximum absolute atomic E-state index is 10.5. The van der Waals surface area contributed by atoms with Crippen LogP contribution in [0.1, 0.15) is 12.0 Å². The van der Waals surface area contributed by atoms with Crippen molar-refractivity contribution in [2.24, 2.45) is 5.16 Å². The van der Waals surface area contributed by atoms with Gasteiger partial charge in [-0.1, -0.05) is 35.5 Å². The van der Waals surface area contributed by atoms with Gasteiger partial charge in [-0.3, -0.25) is 20.2 Å². The second-order valence-corrected chi connectivity index (χ2v) is 3.17. The van der Waals surface area contributed by atoms with E-state index in [1.807, 2.05) is 0 Å². The number of nitrogens with zero attached hydrogens (tertiary/aromatic N) is 3. The zero-order valence-electron chi connectivity index (χ0n) is 8.59. The van der Waals surface area contributed by atoms with E-state index in [0.29, 0.717) is 5.56 Å². The Kier molecular flexibility index (Phi) is 4.09. The van der Waals surface area contributed by atoms with Crippen molar-refractivity contribution in [3.8, 4) is 0 Å². The van der Waals surface area contributed by atoms with E-state index < -0.39 is 22.4 Å². The predicted octanol–water partition coefficient (Wildman–Crippen LogP) is 1.13. The van der Waals surface area contributed by atoms with Gasteiger partial charge in [0.15, 0.2) is 0 Å². The second-order valence-electron chi connectivity index (χ2n) is 3.17. The highest BCUT2D eigenvalue weighted by Crippen LogP contribution is 2.09. The average Bonchev–Trinajstić information content (AvgIpc) is 2.30. The average molecular weight is 239 g/mol. The number of nitro groups is 2. The molecule has 0 aliphatic carbocycles. The lowest BCUT2D eigenvalue weighted by Crippen LogP contribution is -2.31. The van der Waals surface area contributed by atoms with Crippen LogP contribution in [0.25, 0.3) is 0 Å². The zero-order chi connectivity index (χ0) is 12.8. The fraction of sp³-hybridized carbons (Fsp3) is 0.222. The van der Waals surface area contributed by atoms with Gasteiger partial charge in [0, 0.05) is 0 Å². The van der Waals surface area contributed by atoms with Crippen LogP contribution in [0, 0.1) is 20.2 Å². The molecule has 1 N–H and O–H groups in total. The fourth-order valence-electron chi connectivity index (χ4n) is 1.25. The Bertz CT molecular complexity index is 431. The first kappa shape index (κ1) is 12.6. The van der Waals surface area contributed by atoms with Crippen LogP contribution in [0.4, 0.5) is 0 Å². The molecule has 0 heterocycles. The normalized spacial score (nSPS) is 11.5. The second kappa shape index (κ2) is 5.54. The van der Waals surface area contributed by atoms with Crippen LogP contribution in [-0.4, -0.2) is 26.9 Å². The van der Waals surface area contributed by atoms with Gasteiger partial charge in [0.1, 0.15) is 12.1 Å². The summed E-state index contributed by atoms with van der Waals surface area (Å²) in [5.41, 5.74) is 0.313. The van der Waals surface area contributed by atoms with Crippen LogP contribution in [0.3, 0.4) is 0 Å². The minimum absolute atomic E-state index is 0.0935. The number of rotatable bonds is 5. The van der Waals surface area contributed by atoms with E-state index in [0.717, 1.165) is 0 Å². The van der Waals surface area contributed by atoms with Crippen molar-refractivity contribution in [3.63, 3.8) is 0 Å². The highest BCUT2D eigenvalue weighted by molar-refractivity contribution is 6.00. The van der Waals surface area contributed by atoms with Crippen LogP contribution in [0.15, 0.2) is 35.5 Å². The standard InChI is InChI=1S/C9H9N3O5/c13-10-8(7-4-2-1-3-5-7)6-9(11(14)15)12(16)17/h1-5,9,13H,6H2/b10-8-. The van der Waals surface area contributed by atoms with E-state index in [2.05, 4.69) is 5.16 Å². The Morgan fingerprint density at radius 3 is 2.18 bits per heavy atom. The van der Waals surface area contributed by atoms with Gasteiger partial charge in [0.2, 0.25) is 0 Å². The highest BCUT2D eigenvalue weighted by atomic mass is 16.7. The predicted molar refractivity (Wildman–Crippen MR) is 57.2 cm³/mol. The number of oxime groups is 1. The van der Waals surface area contributed by atoms with Crippen molar-refractivity contribution in [2.45, 2.75) is 12.6 Å². The minimum Gasteiger partial charge on any atom is -0.411 e. The van der Waals surface area contributed by atoms with E-state index in [1.54, 1.807) is 30.3 Å². The summed E-state index contributed by atoms with van der Waals surface area (Å²) >= 11 is 0. The smallest absolute Gasteiger partial charge is 0.411 e. The molecule has 0 radical (unpaired) electrons. The first-order valence-electron chi connectivity index (χ1n) is 4.59. The summed E-state index contributed by atoms with van der Waals surface area (Å²) in [6.45, 7) is 0. The summed E-state index contributed by atoms with van der Waals surface area (Å²) in [6, 6.07) is 8.07. The quantitative estimate of drug-likeness (QED) is 0.271. The lowest BCUT2D eigenvalue weighted by molar-refractivity contribution is -0.740. The summed E-state index contributed by atoms with van der Waals surface area (Å²) in [7, 11) is 0. The molecule has 0 aromatic heterocycles. The van der Waals surface area contributed by atoms with Crippen molar-refractivity contribution < 1.29 is 15.1 Å². The molecular formula is C9H9N3O5. The topological polar surface area (TPSA) is 119 Å². The van der Waals surface area contributed by atoms with Crippen LogP contribution in [0.5, 0.6) is 0 Å². The molecule has 0 unspecified atom stereocenters. The summed E-state index contributed by atoms with van der Waals surface area (Å²) < 4.78 is 0. The van der Waals surface area contributed by atoms with E-state index in [-0.39, 0.29) is 5.71 Å². The SMILES string of the molecule is O=[N+]([O-])C(C/C(=N/O)c1ccccc1)[N+](=O)[O-]. The zero-order valence-corrected chi connectivity index (χ0v) is 8.59. The van der Waals surface area contributed by atoms with Crippen LogP contribution in [0.2, 0.25) is 0 Å². The Hall–Kier alpha value is -2.51. The summed E-state index contributed by atoms with van der Waals surface area (Å²) in [6.07, 6.45) is -2.58. The minimum atomic E-state index is -2.01. The van der Waals surface area contributed by atoms with Crippen molar-refractivity contribution in [3.05, 3.63) is 56.1 Å². The molecule has 17 heavy (non-hydrogen) atoms. The van der Waals surface area contributed by atoms with Crippen LogP contribution < -0.4 is 0 Å². The molecule has 90 valence electrons. The van der Waals surface area contributed by atoms with E-state index in [4.69, 9.17) is 5.21 Å². The van der Waals surface area contributed by atoms with Gasteiger partial charge in [-0.15, -0.1) is 0 Å². The van der Waals surface area contributed by atoms with Crippen LogP contribution >= 0.6 is 0 Å². The third-order valence-electron chi connectivity index (χ3n) is 2.09. The van der Waals surface area contributed by atoms with Gasteiger partial charge in [0.05, 0.1) is 9.85 Å². The fourth-order valence-corrected chi connectivity index (χ4v) is 1.25. The van der Waals surface area contributed by atoms with E-state index in [1.165, 1.54) is 0 Å². The first-order valence-corrected chi connectivity index (χ1v) is 4.59. The molecule has 0 fully saturated rings. The monoisotopic (exact) mass is 239 g/mol. The molecule has 1 aromatic rings. The van der Waals surface area contributed by atoms with Crippen molar-refractivity contribution in [1.29, 1.82) is 0 Å². The van der Waals surface area contributed by atoms with Gasteiger partial charge in [-0.05, 0) is 5.56 Å². The largest absolute Gasteiger partial charge is 0.456 e. The van der Waals surface area contributed by atoms with Gasteiger partial charge >= 0.3 is 6.17 Å². The molecule has 0 bridgehead atoms. The molecule has 0 saturated heterocycles. The molecule has 0 aliphatic rings. The van der Waals surface area contributed by atoms with Crippen molar-refractivity contribution in [1.82, 2.24) is 0 Å². The van der Waals surface area contributed by atoms with Gasteiger partial charge in [0.25, 0.3) is 0 Å². The van der Waals surface area contributed by atoms with E-state index in [9.17, 15) is 20.2 Å². The number of hydrogen-bond donors (Lipinski definition) is 1. The molecule has 0 amide bonds. The number of benzene rings is 1. The number of hydrogen-bond acceptors (Lipinski definition) is 6. The maximum atomic E-state index is 10.5. The van der Waals surface area contributed by atoms with Gasteiger partial charge < -0.3 is 5.21 Å². The molecular weight excluding hydrogens is 230 g/mol. The maximum Gasteiger partial charge on any atom is 0.456 e. The Morgan fingerprint density at radius 2 is 1.76 bits per heavy atom. The Balaban J connectivity index is 2.92. The summed E-state index contributed by atoms with van der Waals surface area (Å²) in [5, 5.41) is 32.5. The molecule has 0 saturated carbocycles. The lowest BCUT2D eigenvalue weighted by Gasteiger charge is -2.04. The highest BCUT2D eigenvalue weighted by Gasteiger charge is 2.34. The third kappa shape index (κ3) is 3.23. The molecule has 0 aliphatic heterocycles. The molecule has 1 rings (SSSR count). The summed E-state index contributed by atoms with van der Waals surface area (Å²) in [5.74, 6) is 0. The Morgan fingerprint density at radius 1 is 1.24 bits per heavy atom. The Labute approximate surface area is 95.5 Å². The van der Waals surface area contributed by atoms with Crippen LogP contribution in [-0.2, 0) is 0 Å². The van der Waals surface area contributed by atoms with Crippen molar-refractivity contribution >= 4 is 5.71 Å². The summed E-state index contributed by atoms with van der Waals surface area (Å²) in [4.78, 5) is 18.9. The third-order valence-corrected chi connectivity index (χ3v) is 2.09. The van der Waals surface area contributed by atoms with Crippen molar-refractivity contribution in [2.75, 3.05) is 0 Å². The molecule has 1 aromatic carbocycles. The lowest BCUT2D eigenvalue weighted by atomic mass is 10.1. The molecule has 0 atom stereocenters. The molecule has 8 heteroatoms. The van der Waals surface area contributed by atoms with E-state index >= 15 is 0 Å². The molecule has 0 spiro atoms. The van der Waals surface area contributed by atoms with Gasteiger partial charge in [-0.25, -0.2) is 0 Å². The first-order chi connectivity index (χ1) is 8.06.